The van der Waals surface area contributed by atoms with E-state index in [1.165, 1.54) is 10.4 Å². The molecule has 0 aliphatic heterocycles. The largest absolute Gasteiger partial charge is 0.349 e. The summed E-state index contributed by atoms with van der Waals surface area (Å²) in [5, 5.41) is 5.26. The fourth-order valence-corrected chi connectivity index (χ4v) is 2.70. The first-order valence-electron chi connectivity index (χ1n) is 6.59. The van der Waals surface area contributed by atoms with Gasteiger partial charge in [0.25, 0.3) is 0 Å². The average molecular weight is 275 g/mol. The van der Waals surface area contributed by atoms with Crippen molar-refractivity contribution in [2.75, 3.05) is 11.9 Å². The maximum atomic E-state index is 4.59. The maximum absolute atomic E-state index is 4.59. The Morgan fingerprint density at radius 1 is 1.32 bits per heavy atom. The molecular weight excluding hydrogens is 254 g/mol. The molecule has 0 saturated carbocycles. The fraction of sp³-hybridized carbons (Fsp3) is 0.400. The predicted octanol–water partition coefficient (Wildman–Crippen LogP) is 3.28. The Morgan fingerprint density at radius 3 is 2.68 bits per heavy atom. The van der Waals surface area contributed by atoms with Gasteiger partial charge in [-0.3, -0.25) is 0 Å². The van der Waals surface area contributed by atoms with Crippen molar-refractivity contribution in [1.82, 2.24) is 10.3 Å². The molecule has 0 spiro atoms. The van der Waals surface area contributed by atoms with Crippen LogP contribution in [0.2, 0.25) is 0 Å². The zero-order valence-electron chi connectivity index (χ0n) is 11.8. The smallest absolute Gasteiger partial charge is 0.129 e. The summed E-state index contributed by atoms with van der Waals surface area (Å²) in [5.41, 5.74) is 1.21. The quantitative estimate of drug-likeness (QED) is 0.877. The summed E-state index contributed by atoms with van der Waals surface area (Å²) in [6.45, 7) is 6.20. The van der Waals surface area contributed by atoms with Crippen LogP contribution in [0.25, 0.3) is 0 Å². The van der Waals surface area contributed by atoms with Crippen molar-refractivity contribution in [3.05, 3.63) is 46.3 Å². The van der Waals surface area contributed by atoms with Gasteiger partial charge in [-0.1, -0.05) is 12.1 Å². The number of hydrogen-bond acceptors (Lipinski definition) is 4. The Labute approximate surface area is 119 Å². The molecule has 0 amide bonds. The lowest BCUT2D eigenvalue weighted by Crippen LogP contribution is -2.30. The molecule has 102 valence electrons. The van der Waals surface area contributed by atoms with E-state index in [4.69, 9.17) is 0 Å². The molecule has 0 aliphatic carbocycles. The van der Waals surface area contributed by atoms with Gasteiger partial charge in [-0.05, 0) is 44.0 Å². The number of nitrogens with one attached hydrogen (secondary N) is 1. The van der Waals surface area contributed by atoms with Gasteiger partial charge in [0.05, 0.1) is 6.54 Å². The van der Waals surface area contributed by atoms with E-state index in [9.17, 15) is 0 Å². The molecule has 0 bridgehead atoms. The second kappa shape index (κ2) is 6.68. The molecule has 2 heterocycles. The highest BCUT2D eigenvalue weighted by Gasteiger charge is 2.12. The molecule has 0 saturated heterocycles. The Morgan fingerprint density at radius 2 is 2.16 bits per heavy atom. The third-order valence-electron chi connectivity index (χ3n) is 3.01. The number of anilines is 1. The first-order valence-corrected chi connectivity index (χ1v) is 7.47. The van der Waals surface area contributed by atoms with Gasteiger partial charge in [0, 0.05) is 23.7 Å². The van der Waals surface area contributed by atoms with Gasteiger partial charge in [0.2, 0.25) is 0 Å². The van der Waals surface area contributed by atoms with Crippen LogP contribution in [0.15, 0.2) is 35.8 Å². The van der Waals surface area contributed by atoms with Crippen molar-refractivity contribution in [3.63, 3.8) is 0 Å². The van der Waals surface area contributed by atoms with Gasteiger partial charge in [-0.25, -0.2) is 4.98 Å². The first kappa shape index (κ1) is 14.0. The second-order valence-electron chi connectivity index (χ2n) is 4.86. The van der Waals surface area contributed by atoms with Crippen LogP contribution in [0.3, 0.4) is 0 Å². The number of thiophene rings is 1. The van der Waals surface area contributed by atoms with Gasteiger partial charge in [0.1, 0.15) is 5.82 Å². The van der Waals surface area contributed by atoms with Crippen molar-refractivity contribution >= 4 is 17.2 Å². The van der Waals surface area contributed by atoms with Crippen molar-refractivity contribution in [3.8, 4) is 0 Å². The molecule has 19 heavy (non-hydrogen) atoms. The lowest BCUT2D eigenvalue weighted by molar-refractivity contribution is 0.676. The van der Waals surface area contributed by atoms with Gasteiger partial charge in [-0.2, -0.15) is 0 Å². The summed E-state index contributed by atoms with van der Waals surface area (Å²) >= 11 is 1.80. The fourth-order valence-electron chi connectivity index (χ4n) is 1.99. The summed E-state index contributed by atoms with van der Waals surface area (Å²) in [7, 11) is 1.95. The van der Waals surface area contributed by atoms with Crippen LogP contribution in [0.4, 0.5) is 5.82 Å². The van der Waals surface area contributed by atoms with E-state index in [-0.39, 0.29) is 0 Å². The Kier molecular flexibility index (Phi) is 4.93. The summed E-state index contributed by atoms with van der Waals surface area (Å²) < 4.78 is 0. The summed E-state index contributed by atoms with van der Waals surface area (Å²) in [4.78, 5) is 8.29. The van der Waals surface area contributed by atoms with E-state index >= 15 is 0 Å². The number of pyridine rings is 1. The van der Waals surface area contributed by atoms with Gasteiger partial charge in [0.15, 0.2) is 0 Å². The third-order valence-corrected chi connectivity index (χ3v) is 3.88. The SMILES string of the molecule is CNCc1ccc(N(Cc2cccs2)C(C)C)nc1. The molecule has 1 N–H and O–H groups in total. The maximum Gasteiger partial charge on any atom is 0.129 e. The van der Waals surface area contributed by atoms with Crippen LogP contribution in [0.1, 0.15) is 24.3 Å². The van der Waals surface area contributed by atoms with Crippen LogP contribution >= 0.6 is 11.3 Å². The van der Waals surface area contributed by atoms with Crippen LogP contribution in [0, 0.1) is 0 Å². The molecule has 3 nitrogen and oxygen atoms in total. The molecule has 0 aromatic carbocycles. The van der Waals surface area contributed by atoms with Crippen molar-refractivity contribution in [2.45, 2.75) is 33.0 Å². The molecule has 0 atom stereocenters. The van der Waals surface area contributed by atoms with Crippen LogP contribution in [0.5, 0.6) is 0 Å². The number of hydrogen-bond donors (Lipinski definition) is 1. The average Bonchev–Trinajstić information content (AvgIpc) is 2.90. The summed E-state index contributed by atoms with van der Waals surface area (Å²) in [6, 6.07) is 8.96. The standard InChI is InChI=1S/C15H21N3S/c1-12(2)18(11-14-5-4-8-19-14)15-7-6-13(9-16-3)10-17-15/h4-8,10,12,16H,9,11H2,1-3H3. The summed E-state index contributed by atoms with van der Waals surface area (Å²) in [5.74, 6) is 1.04. The molecule has 0 aliphatic rings. The van der Waals surface area contributed by atoms with Crippen LogP contribution in [-0.4, -0.2) is 18.1 Å². The first-order chi connectivity index (χ1) is 9.20. The lowest BCUT2D eigenvalue weighted by Gasteiger charge is -2.27. The third kappa shape index (κ3) is 3.78. The molecule has 0 unspecified atom stereocenters. The van der Waals surface area contributed by atoms with E-state index in [0.29, 0.717) is 6.04 Å². The Balaban J connectivity index is 2.14. The van der Waals surface area contributed by atoms with Gasteiger partial charge >= 0.3 is 0 Å². The Hall–Kier alpha value is -1.39. The number of aromatic nitrogens is 1. The highest BCUT2D eigenvalue weighted by Crippen LogP contribution is 2.20. The molecule has 0 fully saturated rings. The zero-order chi connectivity index (χ0) is 13.7. The number of rotatable bonds is 6. The molecule has 0 radical (unpaired) electrons. The lowest BCUT2D eigenvalue weighted by atomic mass is 10.2. The monoisotopic (exact) mass is 275 g/mol. The number of nitrogens with zero attached hydrogens (tertiary/aromatic N) is 2. The Bertz CT molecular complexity index is 477. The zero-order valence-corrected chi connectivity index (χ0v) is 12.6. The minimum absolute atomic E-state index is 0.435. The molecular formula is C15H21N3S. The van der Waals surface area contributed by atoms with Crippen molar-refractivity contribution in [2.24, 2.45) is 0 Å². The van der Waals surface area contributed by atoms with E-state index in [2.05, 4.69) is 58.7 Å². The van der Waals surface area contributed by atoms with E-state index in [0.717, 1.165) is 18.9 Å². The van der Waals surface area contributed by atoms with Crippen LogP contribution < -0.4 is 10.2 Å². The molecule has 2 rings (SSSR count). The topological polar surface area (TPSA) is 28.2 Å². The second-order valence-corrected chi connectivity index (χ2v) is 5.89. The summed E-state index contributed by atoms with van der Waals surface area (Å²) in [6.07, 6.45) is 1.95. The highest BCUT2D eigenvalue weighted by atomic mass is 32.1. The molecule has 2 aromatic rings. The van der Waals surface area contributed by atoms with Crippen LogP contribution in [-0.2, 0) is 13.1 Å². The van der Waals surface area contributed by atoms with E-state index in [1.54, 1.807) is 11.3 Å². The van der Waals surface area contributed by atoms with E-state index in [1.807, 2.05) is 13.2 Å². The molecule has 2 aromatic heterocycles. The van der Waals surface area contributed by atoms with E-state index < -0.39 is 0 Å². The minimum atomic E-state index is 0.435. The van der Waals surface area contributed by atoms with Gasteiger partial charge < -0.3 is 10.2 Å². The van der Waals surface area contributed by atoms with Gasteiger partial charge in [-0.15, -0.1) is 11.3 Å². The molecule has 4 heteroatoms. The normalized spacial score (nSPS) is 10.9. The highest BCUT2D eigenvalue weighted by molar-refractivity contribution is 7.09. The van der Waals surface area contributed by atoms with Crippen molar-refractivity contribution < 1.29 is 0 Å². The predicted molar refractivity (Wildman–Crippen MR) is 82.6 cm³/mol. The minimum Gasteiger partial charge on any atom is -0.349 e. The van der Waals surface area contributed by atoms with Crippen molar-refractivity contribution in [1.29, 1.82) is 0 Å².